The molecule has 1 aromatic carbocycles. The van der Waals surface area contributed by atoms with Crippen molar-refractivity contribution >= 4 is 22.7 Å². The standard InChI is InChI=1S/C34H43N3O6S/c1-10-37-32(40)28-25(17-34(37,6)7)43-24-16-33(4,5)15-22(38)27(24)29(28)26-19(3)20(12-14-23(26)42-8)21-13-11-18(2)30(35-21)31(39)36-44(9)41/h11-14,29,31,36,39H,10,15-17H2,1-9H3/t29-,31?,44?/m0/s1. The number of aryl methyl sites for hydroxylation is 1. The summed E-state index contributed by atoms with van der Waals surface area (Å²) in [6, 6.07) is 7.47. The fourth-order valence-corrected chi connectivity index (χ4v) is 7.47. The van der Waals surface area contributed by atoms with Crippen molar-refractivity contribution in [3.63, 3.8) is 0 Å². The van der Waals surface area contributed by atoms with Crippen LogP contribution in [0, 0.1) is 19.3 Å². The third kappa shape index (κ3) is 5.52. The molecule has 1 amide bonds. The predicted molar refractivity (Wildman–Crippen MR) is 170 cm³/mol. The summed E-state index contributed by atoms with van der Waals surface area (Å²) >= 11 is 0. The highest BCUT2D eigenvalue weighted by molar-refractivity contribution is 7.82. The summed E-state index contributed by atoms with van der Waals surface area (Å²) < 4.78 is 26.9. The maximum atomic E-state index is 14.4. The number of nitrogens with zero attached hydrogens (tertiary/aromatic N) is 2. The van der Waals surface area contributed by atoms with E-state index in [1.54, 1.807) is 7.11 Å². The molecule has 5 rings (SSSR count). The molecule has 1 aromatic heterocycles. The number of methoxy groups -OCH3 is 1. The average molecular weight is 622 g/mol. The van der Waals surface area contributed by atoms with Gasteiger partial charge in [0, 0.05) is 54.3 Å². The van der Waals surface area contributed by atoms with Gasteiger partial charge in [0.05, 0.1) is 41.0 Å². The Kier molecular flexibility index (Phi) is 8.41. The van der Waals surface area contributed by atoms with Crippen LogP contribution in [0.3, 0.4) is 0 Å². The molecule has 2 unspecified atom stereocenters. The summed E-state index contributed by atoms with van der Waals surface area (Å²) in [5.41, 5.74) is 4.26. The second-order valence-electron chi connectivity index (χ2n) is 13.4. The Morgan fingerprint density at radius 2 is 1.77 bits per heavy atom. The van der Waals surface area contributed by atoms with Crippen molar-refractivity contribution in [1.82, 2.24) is 14.6 Å². The number of benzene rings is 1. The quantitative estimate of drug-likeness (QED) is 0.404. The minimum atomic E-state index is -1.45. The van der Waals surface area contributed by atoms with E-state index in [0.717, 1.165) is 22.3 Å². The normalized spacial score (nSPS) is 22.3. The lowest BCUT2D eigenvalue weighted by Crippen LogP contribution is -2.53. The molecule has 0 saturated heterocycles. The Labute approximate surface area is 262 Å². The Morgan fingerprint density at radius 1 is 1.09 bits per heavy atom. The van der Waals surface area contributed by atoms with Gasteiger partial charge in [0.2, 0.25) is 0 Å². The number of likely N-dealkylation sites (N-methyl/N-ethyl adjacent to an activating group) is 1. The third-order valence-electron chi connectivity index (χ3n) is 9.05. The van der Waals surface area contributed by atoms with Gasteiger partial charge in [-0.3, -0.25) is 9.59 Å². The zero-order valence-electron chi connectivity index (χ0n) is 27.1. The summed E-state index contributed by atoms with van der Waals surface area (Å²) in [4.78, 5) is 35.0. The SMILES string of the molecule is CCN1C(=O)C2=C(CC1(C)C)OC1=C(C(=O)CC(C)(C)C1)[C@@H]2c1c(OC)ccc(-c2ccc(C)c(C(O)NS(C)=O)n2)c1C. The highest BCUT2D eigenvalue weighted by atomic mass is 32.2. The van der Waals surface area contributed by atoms with Crippen LogP contribution in [0.25, 0.3) is 11.3 Å². The summed E-state index contributed by atoms with van der Waals surface area (Å²) in [7, 11) is 0.142. The number of ketones is 1. The van der Waals surface area contributed by atoms with Crippen LogP contribution < -0.4 is 9.46 Å². The van der Waals surface area contributed by atoms with Gasteiger partial charge >= 0.3 is 0 Å². The molecule has 3 aliphatic rings. The number of carbonyl (C=O) groups is 2. The van der Waals surface area contributed by atoms with Gasteiger partial charge in [0.25, 0.3) is 5.91 Å². The Morgan fingerprint density at radius 3 is 2.41 bits per heavy atom. The molecule has 9 nitrogen and oxygen atoms in total. The number of aliphatic hydroxyl groups is 1. The Hall–Kier alpha value is -3.34. The smallest absolute Gasteiger partial charge is 0.254 e. The molecule has 10 heteroatoms. The molecule has 3 atom stereocenters. The number of carbonyl (C=O) groups excluding carboxylic acids is 2. The number of hydrogen-bond donors (Lipinski definition) is 2. The van der Waals surface area contributed by atoms with Gasteiger partial charge in [-0.2, -0.15) is 0 Å². The molecule has 0 radical (unpaired) electrons. The van der Waals surface area contributed by atoms with Crippen LogP contribution in [0.5, 0.6) is 5.75 Å². The molecule has 1 aliphatic carbocycles. The fraction of sp³-hybridized carbons (Fsp3) is 0.500. The van der Waals surface area contributed by atoms with E-state index >= 15 is 0 Å². The Balaban J connectivity index is 1.76. The number of amides is 1. The van der Waals surface area contributed by atoms with E-state index in [4.69, 9.17) is 14.5 Å². The molecule has 0 bridgehead atoms. The van der Waals surface area contributed by atoms with Crippen LogP contribution in [-0.4, -0.2) is 56.3 Å². The zero-order valence-corrected chi connectivity index (χ0v) is 27.9. The second-order valence-corrected chi connectivity index (χ2v) is 14.6. The van der Waals surface area contributed by atoms with E-state index in [1.807, 2.05) is 63.8 Å². The first-order chi connectivity index (χ1) is 20.6. The first-order valence-electron chi connectivity index (χ1n) is 15.0. The van der Waals surface area contributed by atoms with Gasteiger partial charge < -0.3 is 19.5 Å². The van der Waals surface area contributed by atoms with Crippen LogP contribution in [0.2, 0.25) is 0 Å². The molecule has 44 heavy (non-hydrogen) atoms. The molecule has 0 spiro atoms. The van der Waals surface area contributed by atoms with Crippen LogP contribution in [-0.2, 0) is 25.3 Å². The number of allylic oxidation sites excluding steroid dienone is 2. The van der Waals surface area contributed by atoms with Crippen molar-refractivity contribution in [3.05, 3.63) is 69.3 Å². The van der Waals surface area contributed by atoms with Crippen LogP contribution >= 0.6 is 0 Å². The van der Waals surface area contributed by atoms with Crippen molar-refractivity contribution in [2.75, 3.05) is 19.9 Å². The van der Waals surface area contributed by atoms with Crippen molar-refractivity contribution in [3.8, 4) is 17.0 Å². The van der Waals surface area contributed by atoms with Gasteiger partial charge in [0.15, 0.2) is 12.0 Å². The molecular formula is C34H43N3O6S. The van der Waals surface area contributed by atoms with Gasteiger partial charge in [0.1, 0.15) is 17.3 Å². The van der Waals surface area contributed by atoms with E-state index in [2.05, 4.69) is 18.6 Å². The van der Waals surface area contributed by atoms with Crippen molar-refractivity contribution in [2.45, 2.75) is 85.4 Å². The number of hydrogen-bond acceptors (Lipinski definition) is 7. The highest BCUT2D eigenvalue weighted by Crippen LogP contribution is 2.54. The molecule has 236 valence electrons. The minimum absolute atomic E-state index is 0.0298. The summed E-state index contributed by atoms with van der Waals surface area (Å²) in [5.74, 6) is 0.960. The average Bonchev–Trinajstić information content (AvgIpc) is 2.90. The van der Waals surface area contributed by atoms with E-state index in [9.17, 15) is 18.9 Å². The lowest BCUT2D eigenvalue weighted by molar-refractivity contribution is -0.134. The number of ether oxygens (including phenoxy) is 2. The summed E-state index contributed by atoms with van der Waals surface area (Å²) in [6.45, 7) is 14.5. The van der Waals surface area contributed by atoms with Crippen molar-refractivity contribution < 1.29 is 28.4 Å². The van der Waals surface area contributed by atoms with E-state index in [1.165, 1.54) is 6.26 Å². The largest absolute Gasteiger partial charge is 0.496 e. The minimum Gasteiger partial charge on any atom is -0.496 e. The van der Waals surface area contributed by atoms with E-state index < -0.39 is 28.7 Å². The molecule has 0 fully saturated rings. The number of Topliss-reactive ketones (excluding diaryl/α,β-unsaturated/α-hetero) is 1. The lowest BCUT2D eigenvalue weighted by atomic mass is 9.67. The van der Waals surface area contributed by atoms with E-state index in [0.29, 0.717) is 65.6 Å². The first-order valence-corrected chi connectivity index (χ1v) is 16.6. The van der Waals surface area contributed by atoms with Crippen LogP contribution in [0.15, 0.2) is 46.9 Å². The van der Waals surface area contributed by atoms with Crippen LogP contribution in [0.4, 0.5) is 0 Å². The molecular weight excluding hydrogens is 578 g/mol. The molecule has 0 saturated carbocycles. The lowest BCUT2D eigenvalue weighted by Gasteiger charge is -2.48. The number of pyridine rings is 1. The molecule has 2 N–H and O–H groups in total. The summed E-state index contributed by atoms with van der Waals surface area (Å²) in [6.07, 6.45) is 1.68. The maximum absolute atomic E-state index is 14.4. The van der Waals surface area contributed by atoms with E-state index in [-0.39, 0.29) is 17.1 Å². The second kappa shape index (κ2) is 11.5. The monoisotopic (exact) mass is 621 g/mol. The van der Waals surface area contributed by atoms with Gasteiger partial charge in [-0.15, -0.1) is 0 Å². The molecule has 3 heterocycles. The predicted octanol–water partition coefficient (Wildman–Crippen LogP) is 5.29. The first kappa shape index (κ1) is 32.1. The highest BCUT2D eigenvalue weighted by Gasteiger charge is 2.51. The maximum Gasteiger partial charge on any atom is 0.254 e. The number of aromatic nitrogens is 1. The van der Waals surface area contributed by atoms with Crippen molar-refractivity contribution in [1.29, 1.82) is 0 Å². The third-order valence-corrected chi connectivity index (χ3v) is 9.61. The van der Waals surface area contributed by atoms with Gasteiger partial charge in [-0.25, -0.2) is 13.9 Å². The van der Waals surface area contributed by atoms with Gasteiger partial charge in [-0.05, 0) is 69.4 Å². The topological polar surface area (TPSA) is 118 Å². The molecule has 2 aromatic rings. The number of aliphatic hydroxyl groups excluding tert-OH is 1. The fourth-order valence-electron chi connectivity index (χ4n) is 7.05. The molecule has 2 aliphatic heterocycles. The number of nitrogens with one attached hydrogen (secondary N) is 1. The number of rotatable bonds is 7. The zero-order chi connectivity index (χ0) is 32.3. The Bertz CT molecular complexity index is 1640. The van der Waals surface area contributed by atoms with Crippen LogP contribution in [0.1, 0.15) is 88.4 Å². The summed E-state index contributed by atoms with van der Waals surface area (Å²) in [5, 5.41) is 10.7. The van der Waals surface area contributed by atoms with Crippen molar-refractivity contribution in [2.24, 2.45) is 5.41 Å². The van der Waals surface area contributed by atoms with Gasteiger partial charge in [-0.1, -0.05) is 19.9 Å².